The number of amides is 1. The summed E-state index contributed by atoms with van der Waals surface area (Å²) >= 11 is 5.83. The van der Waals surface area contributed by atoms with E-state index in [0.717, 1.165) is 22.0 Å². The first-order valence-corrected chi connectivity index (χ1v) is 9.65. The highest BCUT2D eigenvalue weighted by molar-refractivity contribution is 6.30. The molecule has 0 aliphatic rings. The van der Waals surface area contributed by atoms with Crippen molar-refractivity contribution in [3.8, 4) is 16.9 Å². The second kappa shape index (κ2) is 8.39. The summed E-state index contributed by atoms with van der Waals surface area (Å²) < 4.78 is 5.45. The number of carbonyl (C=O) groups excluding carboxylic acids is 2. The minimum absolute atomic E-state index is 0.0188. The SMILES string of the molecule is CC(=O)c1cccc(-c2ccc3c(NC(=O)COc4ccc(Cl)cc4)n[nH]c3c2)c1. The number of ether oxygens (including phenoxy) is 1. The molecule has 1 aromatic heterocycles. The smallest absolute Gasteiger partial charge is 0.263 e. The van der Waals surface area contributed by atoms with Crippen molar-refractivity contribution < 1.29 is 14.3 Å². The molecule has 0 saturated heterocycles. The van der Waals surface area contributed by atoms with Crippen LogP contribution < -0.4 is 10.1 Å². The molecule has 0 bridgehead atoms. The topological polar surface area (TPSA) is 84.1 Å². The van der Waals surface area contributed by atoms with Crippen molar-refractivity contribution >= 4 is 40.0 Å². The predicted octanol–water partition coefficient (Wildman–Crippen LogP) is 5.10. The Labute approximate surface area is 177 Å². The number of benzene rings is 3. The number of carbonyl (C=O) groups is 2. The quantitative estimate of drug-likeness (QED) is 0.426. The largest absolute Gasteiger partial charge is 0.484 e. The van der Waals surface area contributed by atoms with Crippen molar-refractivity contribution in [2.45, 2.75) is 6.92 Å². The first-order chi connectivity index (χ1) is 14.5. The van der Waals surface area contributed by atoms with Gasteiger partial charge in [-0.2, -0.15) is 5.10 Å². The monoisotopic (exact) mass is 419 g/mol. The zero-order valence-corrected chi connectivity index (χ0v) is 16.9. The van der Waals surface area contributed by atoms with Crippen molar-refractivity contribution in [3.05, 3.63) is 77.3 Å². The zero-order chi connectivity index (χ0) is 21.1. The third kappa shape index (κ3) is 4.34. The summed E-state index contributed by atoms with van der Waals surface area (Å²) in [6.45, 7) is 1.40. The maximum absolute atomic E-state index is 12.2. The maximum Gasteiger partial charge on any atom is 0.263 e. The van der Waals surface area contributed by atoms with Crippen LogP contribution in [0.2, 0.25) is 5.02 Å². The molecule has 0 radical (unpaired) electrons. The van der Waals surface area contributed by atoms with Crippen molar-refractivity contribution in [1.29, 1.82) is 0 Å². The van der Waals surface area contributed by atoms with Gasteiger partial charge < -0.3 is 10.1 Å². The van der Waals surface area contributed by atoms with Crippen LogP contribution in [0.5, 0.6) is 5.75 Å². The average molecular weight is 420 g/mol. The number of hydrogen-bond donors (Lipinski definition) is 2. The lowest BCUT2D eigenvalue weighted by Gasteiger charge is -2.07. The molecule has 3 aromatic carbocycles. The van der Waals surface area contributed by atoms with E-state index in [1.54, 1.807) is 37.3 Å². The predicted molar refractivity (Wildman–Crippen MR) is 117 cm³/mol. The van der Waals surface area contributed by atoms with Crippen molar-refractivity contribution in [2.75, 3.05) is 11.9 Å². The highest BCUT2D eigenvalue weighted by atomic mass is 35.5. The number of rotatable bonds is 6. The van der Waals surface area contributed by atoms with Crippen LogP contribution in [0.15, 0.2) is 66.7 Å². The number of Topliss-reactive ketones (excluding diaryl/α,β-unsaturated/α-hetero) is 1. The van der Waals surface area contributed by atoms with Gasteiger partial charge in [0.15, 0.2) is 18.2 Å². The van der Waals surface area contributed by atoms with E-state index in [4.69, 9.17) is 16.3 Å². The van der Waals surface area contributed by atoms with E-state index in [9.17, 15) is 9.59 Å². The van der Waals surface area contributed by atoms with Crippen LogP contribution in [0.1, 0.15) is 17.3 Å². The second-order valence-corrected chi connectivity index (χ2v) is 7.20. The number of ketones is 1. The number of hydrogen-bond acceptors (Lipinski definition) is 4. The summed E-state index contributed by atoms with van der Waals surface area (Å²) in [6.07, 6.45) is 0. The van der Waals surface area contributed by atoms with E-state index < -0.39 is 0 Å². The molecule has 4 rings (SSSR count). The van der Waals surface area contributed by atoms with Gasteiger partial charge in [0.25, 0.3) is 5.91 Å². The Morgan fingerprint density at radius 1 is 1.03 bits per heavy atom. The summed E-state index contributed by atoms with van der Waals surface area (Å²) in [7, 11) is 0. The Balaban J connectivity index is 1.48. The summed E-state index contributed by atoms with van der Waals surface area (Å²) in [6, 6.07) is 20.0. The normalized spacial score (nSPS) is 10.7. The molecular weight excluding hydrogens is 402 g/mol. The summed E-state index contributed by atoms with van der Waals surface area (Å²) in [5.41, 5.74) is 3.31. The highest BCUT2D eigenvalue weighted by Gasteiger charge is 2.12. The summed E-state index contributed by atoms with van der Waals surface area (Å²) in [5, 5.41) is 11.3. The highest BCUT2D eigenvalue weighted by Crippen LogP contribution is 2.27. The molecule has 2 N–H and O–H groups in total. The lowest BCUT2D eigenvalue weighted by molar-refractivity contribution is -0.118. The minimum atomic E-state index is -0.323. The van der Waals surface area contributed by atoms with E-state index in [1.165, 1.54) is 0 Å². The van der Waals surface area contributed by atoms with E-state index in [-0.39, 0.29) is 18.3 Å². The van der Waals surface area contributed by atoms with Gasteiger partial charge in [-0.3, -0.25) is 14.7 Å². The van der Waals surface area contributed by atoms with Crippen LogP contribution in [0, 0.1) is 0 Å². The maximum atomic E-state index is 12.2. The molecule has 4 aromatic rings. The van der Waals surface area contributed by atoms with Gasteiger partial charge in [-0.1, -0.05) is 35.9 Å². The molecule has 7 heteroatoms. The Hall–Kier alpha value is -3.64. The van der Waals surface area contributed by atoms with Gasteiger partial charge in [-0.25, -0.2) is 0 Å². The third-order valence-electron chi connectivity index (χ3n) is 4.61. The Kier molecular flexibility index (Phi) is 5.50. The fourth-order valence-corrected chi connectivity index (χ4v) is 3.19. The molecular formula is C23H18ClN3O3. The van der Waals surface area contributed by atoms with Crippen molar-refractivity contribution in [1.82, 2.24) is 10.2 Å². The minimum Gasteiger partial charge on any atom is -0.484 e. The van der Waals surface area contributed by atoms with Crippen molar-refractivity contribution in [3.63, 3.8) is 0 Å². The van der Waals surface area contributed by atoms with Gasteiger partial charge in [0, 0.05) is 16.0 Å². The fourth-order valence-electron chi connectivity index (χ4n) is 3.06. The number of halogens is 1. The van der Waals surface area contributed by atoms with Gasteiger partial charge in [0.2, 0.25) is 0 Å². The van der Waals surface area contributed by atoms with E-state index in [2.05, 4.69) is 15.5 Å². The Bertz CT molecular complexity index is 1230. The number of nitrogens with zero attached hydrogens (tertiary/aromatic N) is 1. The van der Waals surface area contributed by atoms with Gasteiger partial charge >= 0.3 is 0 Å². The van der Waals surface area contributed by atoms with E-state index in [1.807, 2.05) is 36.4 Å². The van der Waals surface area contributed by atoms with Gasteiger partial charge in [-0.15, -0.1) is 0 Å². The van der Waals surface area contributed by atoms with Crippen LogP contribution in [0.25, 0.3) is 22.0 Å². The molecule has 6 nitrogen and oxygen atoms in total. The van der Waals surface area contributed by atoms with E-state index in [0.29, 0.717) is 22.2 Å². The molecule has 0 saturated carbocycles. The molecule has 1 amide bonds. The Morgan fingerprint density at radius 2 is 1.80 bits per heavy atom. The number of anilines is 1. The molecule has 0 aliphatic carbocycles. The second-order valence-electron chi connectivity index (χ2n) is 6.76. The molecule has 1 heterocycles. The van der Waals surface area contributed by atoms with Gasteiger partial charge in [-0.05, 0) is 60.5 Å². The van der Waals surface area contributed by atoms with E-state index >= 15 is 0 Å². The van der Waals surface area contributed by atoms with Gasteiger partial charge in [0.05, 0.1) is 5.52 Å². The van der Waals surface area contributed by atoms with Crippen molar-refractivity contribution in [2.24, 2.45) is 0 Å². The van der Waals surface area contributed by atoms with Crippen LogP contribution >= 0.6 is 11.6 Å². The van der Waals surface area contributed by atoms with Gasteiger partial charge in [0.1, 0.15) is 5.75 Å². The summed E-state index contributed by atoms with van der Waals surface area (Å²) in [5.74, 6) is 0.680. The molecule has 30 heavy (non-hydrogen) atoms. The fraction of sp³-hybridized carbons (Fsp3) is 0.0870. The van der Waals surface area contributed by atoms with Crippen LogP contribution in [0.3, 0.4) is 0 Å². The molecule has 0 fully saturated rings. The molecule has 0 aliphatic heterocycles. The standard InChI is InChI=1S/C23H18ClN3O3/c1-14(28)15-3-2-4-16(11-15)17-5-10-20-21(12-17)26-27-23(20)25-22(29)13-30-19-8-6-18(24)7-9-19/h2-12H,13H2,1H3,(H2,25,26,27,29). The average Bonchev–Trinajstić information content (AvgIpc) is 3.15. The zero-order valence-electron chi connectivity index (χ0n) is 16.1. The number of fused-ring (bicyclic) bond motifs is 1. The first kappa shape index (κ1) is 19.7. The molecule has 0 spiro atoms. The lowest BCUT2D eigenvalue weighted by Crippen LogP contribution is -2.20. The molecule has 150 valence electrons. The molecule has 0 atom stereocenters. The number of aromatic amines is 1. The van der Waals surface area contributed by atoms with Crippen LogP contribution in [-0.2, 0) is 4.79 Å². The Morgan fingerprint density at radius 3 is 2.57 bits per heavy atom. The first-order valence-electron chi connectivity index (χ1n) is 9.27. The van der Waals surface area contributed by atoms with Crippen LogP contribution in [0.4, 0.5) is 5.82 Å². The third-order valence-corrected chi connectivity index (χ3v) is 4.86. The lowest BCUT2D eigenvalue weighted by atomic mass is 10.0. The molecule has 0 unspecified atom stereocenters. The van der Waals surface area contributed by atoms with Crippen LogP contribution in [-0.4, -0.2) is 28.5 Å². The number of nitrogens with one attached hydrogen (secondary N) is 2. The number of H-pyrrole nitrogens is 1. The number of aromatic nitrogens is 2. The summed E-state index contributed by atoms with van der Waals surface area (Å²) in [4.78, 5) is 23.9.